The molecule has 0 aliphatic carbocycles. The van der Waals surface area contributed by atoms with E-state index in [1.54, 1.807) is 7.11 Å². The summed E-state index contributed by atoms with van der Waals surface area (Å²) in [6, 6.07) is 17.7. The number of hydrogen-bond donors (Lipinski definition) is 1. The molecule has 1 heterocycles. The van der Waals surface area contributed by atoms with Gasteiger partial charge in [-0.3, -0.25) is 0 Å². The van der Waals surface area contributed by atoms with Crippen molar-refractivity contribution >= 4 is 28.6 Å². The van der Waals surface area contributed by atoms with Crippen molar-refractivity contribution in [3.05, 3.63) is 48.5 Å². The maximum Gasteiger partial charge on any atom is 0.331 e. The van der Waals surface area contributed by atoms with E-state index in [0.717, 1.165) is 18.1 Å². The summed E-state index contributed by atoms with van der Waals surface area (Å²) in [6.07, 6.45) is 1.05. The normalized spacial score (nSPS) is 16.9. The standard InChI is InChI=1S/C20H24NOS2/c1-5-20(3,21-15(2)22-4)14-24-18-12-8-6-10-16(18)23-17-11-7-9-13-19(17)24/h6-13H,5,14H2,1-4H3/q+1/p+1/t20-/m0/s1. The Labute approximate surface area is 152 Å². The van der Waals surface area contributed by atoms with Crippen LogP contribution in [0.4, 0.5) is 0 Å². The van der Waals surface area contributed by atoms with Crippen LogP contribution < -0.4 is 4.99 Å². The summed E-state index contributed by atoms with van der Waals surface area (Å²) in [7, 11) is 1.79. The van der Waals surface area contributed by atoms with Crippen LogP contribution in [0.1, 0.15) is 27.2 Å². The molecule has 0 saturated carbocycles. The summed E-state index contributed by atoms with van der Waals surface area (Å²) in [4.78, 5) is 9.32. The lowest BCUT2D eigenvalue weighted by Crippen LogP contribution is -2.88. The van der Waals surface area contributed by atoms with Crippen LogP contribution >= 0.6 is 11.8 Å². The third-order valence-corrected chi connectivity index (χ3v) is 8.59. The molecule has 0 bridgehead atoms. The van der Waals surface area contributed by atoms with Crippen molar-refractivity contribution in [1.29, 1.82) is 0 Å². The Kier molecular flexibility index (Phi) is 5.26. The fraction of sp³-hybridized carbons (Fsp3) is 0.350. The summed E-state index contributed by atoms with van der Waals surface area (Å²) in [5, 5.41) is 0. The van der Waals surface area contributed by atoms with E-state index in [9.17, 15) is 0 Å². The molecule has 1 aliphatic heterocycles. The fourth-order valence-corrected chi connectivity index (χ4v) is 7.18. The molecule has 2 nitrogen and oxygen atoms in total. The van der Waals surface area contributed by atoms with Crippen LogP contribution in [-0.4, -0.2) is 24.3 Å². The Balaban J connectivity index is 2.04. The minimum Gasteiger partial charge on any atom is -0.452 e. The van der Waals surface area contributed by atoms with Gasteiger partial charge in [0.05, 0.1) is 34.7 Å². The zero-order chi connectivity index (χ0) is 17.2. The van der Waals surface area contributed by atoms with E-state index in [1.165, 1.54) is 19.6 Å². The monoisotopic (exact) mass is 359 g/mol. The van der Waals surface area contributed by atoms with Gasteiger partial charge in [0.25, 0.3) is 0 Å². The molecule has 24 heavy (non-hydrogen) atoms. The Bertz CT molecular complexity index is 713. The maximum atomic E-state index is 5.38. The average molecular weight is 360 g/mol. The highest BCUT2D eigenvalue weighted by Crippen LogP contribution is 2.45. The molecular weight excluding hydrogens is 334 g/mol. The highest BCUT2D eigenvalue weighted by molar-refractivity contribution is 8.04. The van der Waals surface area contributed by atoms with Crippen molar-refractivity contribution in [2.75, 3.05) is 12.9 Å². The summed E-state index contributed by atoms with van der Waals surface area (Å²) in [5.41, 5.74) is 0.00539. The Morgan fingerprint density at radius 3 is 2.12 bits per heavy atom. The van der Waals surface area contributed by atoms with Crippen LogP contribution in [0.2, 0.25) is 0 Å². The second kappa shape index (κ2) is 7.24. The van der Waals surface area contributed by atoms with Gasteiger partial charge in [-0.05, 0) is 24.3 Å². The topological polar surface area (TPSA) is 23.2 Å². The predicted octanol–water partition coefficient (Wildman–Crippen LogP) is 3.50. The van der Waals surface area contributed by atoms with Crippen LogP contribution in [0, 0.1) is 0 Å². The van der Waals surface area contributed by atoms with Crippen molar-refractivity contribution in [1.82, 2.24) is 0 Å². The molecule has 1 atom stereocenters. The molecule has 4 heteroatoms. The lowest BCUT2D eigenvalue weighted by atomic mass is 10.0. The van der Waals surface area contributed by atoms with Gasteiger partial charge in [-0.25, -0.2) is 4.99 Å². The van der Waals surface area contributed by atoms with Crippen LogP contribution in [0.3, 0.4) is 0 Å². The van der Waals surface area contributed by atoms with Crippen molar-refractivity contribution in [3.8, 4) is 0 Å². The molecule has 3 rings (SSSR count). The number of rotatable bonds is 4. The van der Waals surface area contributed by atoms with Crippen LogP contribution in [0.25, 0.3) is 0 Å². The molecule has 0 fully saturated rings. The zero-order valence-corrected chi connectivity index (χ0v) is 16.4. The number of fused-ring (bicyclic) bond motifs is 2. The lowest BCUT2D eigenvalue weighted by Gasteiger charge is -2.23. The third kappa shape index (κ3) is 3.50. The first-order valence-electron chi connectivity index (χ1n) is 8.29. The van der Waals surface area contributed by atoms with E-state index >= 15 is 0 Å². The second-order valence-electron chi connectivity index (χ2n) is 6.33. The lowest BCUT2D eigenvalue weighted by molar-refractivity contribution is -0.551. The van der Waals surface area contributed by atoms with Gasteiger partial charge in [-0.15, -0.1) is 0 Å². The quantitative estimate of drug-likeness (QED) is 0.513. The Hall–Kier alpha value is -1.39. The average Bonchev–Trinajstić information content (AvgIpc) is 2.61. The molecule has 0 aromatic heterocycles. The molecular formula is C20H25NOS2+2. The minimum atomic E-state index is 0.00539. The molecule has 0 spiro atoms. The van der Waals surface area contributed by atoms with Crippen molar-refractivity contribution < 1.29 is 9.73 Å². The third-order valence-electron chi connectivity index (χ3n) is 4.48. The van der Waals surface area contributed by atoms with E-state index in [1.807, 2.05) is 18.7 Å². The first-order chi connectivity index (χ1) is 11.6. The smallest absolute Gasteiger partial charge is 0.331 e. The fourth-order valence-electron chi connectivity index (χ4n) is 2.89. The highest BCUT2D eigenvalue weighted by atomic mass is 32.2. The molecule has 0 amide bonds. The van der Waals surface area contributed by atoms with Crippen molar-refractivity contribution in [2.45, 2.75) is 52.3 Å². The minimum absolute atomic E-state index is 0.00539. The SMILES string of the molecule is CC[C@@](C)(C[S+]1c2ccccc2Sc2ccccc21)[NH+]=C(C)OC. The summed E-state index contributed by atoms with van der Waals surface area (Å²) in [6.45, 7) is 6.54. The predicted molar refractivity (Wildman–Crippen MR) is 103 cm³/mol. The van der Waals surface area contributed by atoms with E-state index < -0.39 is 0 Å². The zero-order valence-electron chi connectivity index (χ0n) is 14.8. The summed E-state index contributed by atoms with van der Waals surface area (Å²) < 4.78 is 5.38. The molecule has 0 unspecified atom stereocenters. The van der Waals surface area contributed by atoms with E-state index in [4.69, 9.17) is 4.74 Å². The van der Waals surface area contributed by atoms with Crippen molar-refractivity contribution in [3.63, 3.8) is 0 Å². The molecule has 0 saturated heterocycles. The van der Waals surface area contributed by atoms with Gasteiger partial charge in [0.2, 0.25) is 5.54 Å². The van der Waals surface area contributed by atoms with Crippen molar-refractivity contribution in [2.24, 2.45) is 0 Å². The van der Waals surface area contributed by atoms with Gasteiger partial charge in [-0.2, -0.15) is 0 Å². The number of nitrogens with one attached hydrogen (secondary N) is 1. The highest BCUT2D eigenvalue weighted by Gasteiger charge is 2.44. The molecule has 2 aromatic carbocycles. The molecule has 1 aliphatic rings. The van der Waals surface area contributed by atoms with E-state index in [-0.39, 0.29) is 16.4 Å². The molecule has 1 N–H and O–H groups in total. The molecule has 126 valence electrons. The number of methoxy groups -OCH3 is 1. The number of hydrogen-bond acceptors (Lipinski definition) is 2. The van der Waals surface area contributed by atoms with Gasteiger partial charge in [0.15, 0.2) is 15.5 Å². The summed E-state index contributed by atoms with van der Waals surface area (Å²) in [5.74, 6) is 1.95. The maximum absolute atomic E-state index is 5.38. The number of benzene rings is 2. The molecule has 0 radical (unpaired) electrons. The van der Waals surface area contributed by atoms with E-state index in [0.29, 0.717) is 0 Å². The van der Waals surface area contributed by atoms with Gasteiger partial charge in [0.1, 0.15) is 0 Å². The van der Waals surface area contributed by atoms with Gasteiger partial charge in [0, 0.05) is 13.3 Å². The van der Waals surface area contributed by atoms with Crippen LogP contribution in [0.15, 0.2) is 68.1 Å². The first kappa shape index (κ1) is 17.4. The second-order valence-corrected chi connectivity index (χ2v) is 9.36. The van der Waals surface area contributed by atoms with Gasteiger partial charge < -0.3 is 4.74 Å². The van der Waals surface area contributed by atoms with Crippen LogP contribution in [-0.2, 0) is 15.6 Å². The summed E-state index contributed by atoms with van der Waals surface area (Å²) >= 11 is 1.89. The Morgan fingerprint density at radius 1 is 1.08 bits per heavy atom. The molecule has 2 aromatic rings. The largest absolute Gasteiger partial charge is 0.452 e. The van der Waals surface area contributed by atoms with Crippen LogP contribution in [0.5, 0.6) is 0 Å². The Morgan fingerprint density at radius 2 is 1.62 bits per heavy atom. The van der Waals surface area contributed by atoms with Gasteiger partial charge in [-0.1, -0.05) is 43.0 Å². The van der Waals surface area contributed by atoms with E-state index in [2.05, 4.69) is 67.4 Å². The number of ether oxygens (including phenoxy) is 1. The first-order valence-corrected chi connectivity index (χ1v) is 10.5. The van der Waals surface area contributed by atoms with Gasteiger partial charge >= 0.3 is 5.90 Å².